The highest BCUT2D eigenvalue weighted by molar-refractivity contribution is 7.92. The Morgan fingerprint density at radius 1 is 1.44 bits per heavy atom. The van der Waals surface area contributed by atoms with Gasteiger partial charge in [0.1, 0.15) is 4.90 Å². The molecular formula is C9H10N4O2S. The van der Waals surface area contributed by atoms with E-state index >= 15 is 0 Å². The molecule has 0 aliphatic heterocycles. The summed E-state index contributed by atoms with van der Waals surface area (Å²) in [5, 5.41) is 6.04. The van der Waals surface area contributed by atoms with Gasteiger partial charge < -0.3 is 0 Å². The summed E-state index contributed by atoms with van der Waals surface area (Å²) in [6.07, 6.45) is 4.16. The molecule has 2 rings (SSSR count). The van der Waals surface area contributed by atoms with Crippen molar-refractivity contribution in [2.24, 2.45) is 0 Å². The summed E-state index contributed by atoms with van der Waals surface area (Å²) in [6, 6.07) is 3.32. The van der Waals surface area contributed by atoms with Gasteiger partial charge in [-0.3, -0.25) is 14.8 Å². The molecule has 0 spiro atoms. The summed E-state index contributed by atoms with van der Waals surface area (Å²) in [5.74, 6) is 0. The van der Waals surface area contributed by atoms with Gasteiger partial charge in [0, 0.05) is 12.4 Å². The van der Waals surface area contributed by atoms with Crippen molar-refractivity contribution < 1.29 is 8.42 Å². The summed E-state index contributed by atoms with van der Waals surface area (Å²) in [5.41, 5.74) is 1.08. The van der Waals surface area contributed by atoms with Crippen molar-refractivity contribution in [2.75, 3.05) is 4.72 Å². The number of pyridine rings is 1. The summed E-state index contributed by atoms with van der Waals surface area (Å²) < 4.78 is 26.1. The molecule has 0 radical (unpaired) electrons. The van der Waals surface area contributed by atoms with Gasteiger partial charge in [-0.2, -0.15) is 5.10 Å². The van der Waals surface area contributed by atoms with Gasteiger partial charge in [0.15, 0.2) is 0 Å². The summed E-state index contributed by atoms with van der Waals surface area (Å²) in [4.78, 5) is 4.09. The highest BCUT2D eigenvalue weighted by Crippen LogP contribution is 2.16. The normalized spacial score (nSPS) is 11.3. The summed E-state index contributed by atoms with van der Waals surface area (Å²) >= 11 is 0. The molecular weight excluding hydrogens is 228 g/mol. The first-order chi connectivity index (χ1) is 7.59. The molecule has 0 bridgehead atoms. The number of aromatic nitrogens is 3. The van der Waals surface area contributed by atoms with E-state index in [2.05, 4.69) is 19.9 Å². The Kier molecular flexibility index (Phi) is 2.61. The van der Waals surface area contributed by atoms with Crippen molar-refractivity contribution in [3.8, 4) is 0 Å². The third-order valence-electron chi connectivity index (χ3n) is 2.03. The van der Waals surface area contributed by atoms with Crippen molar-refractivity contribution in [1.29, 1.82) is 0 Å². The molecule has 84 valence electrons. The van der Waals surface area contributed by atoms with Crippen molar-refractivity contribution in [1.82, 2.24) is 15.2 Å². The lowest BCUT2D eigenvalue weighted by molar-refractivity contribution is 0.601. The molecule has 0 fully saturated rings. The topological polar surface area (TPSA) is 87.7 Å². The van der Waals surface area contributed by atoms with Crippen LogP contribution in [0.5, 0.6) is 0 Å². The minimum Gasteiger partial charge on any atom is -0.284 e. The standard InChI is InChI=1S/C9H10N4O2S/c1-7-9(3-2-4-10-7)13-16(14,15)8-5-11-12-6-8/h2-6,13H,1H3,(H,11,12). The molecule has 7 heteroatoms. The van der Waals surface area contributed by atoms with Crippen molar-refractivity contribution in [3.05, 3.63) is 36.4 Å². The number of anilines is 1. The first-order valence-corrected chi connectivity index (χ1v) is 6.01. The van der Waals surface area contributed by atoms with Gasteiger partial charge in [-0.25, -0.2) is 8.42 Å². The van der Waals surface area contributed by atoms with Crippen LogP contribution in [-0.2, 0) is 10.0 Å². The fourth-order valence-electron chi connectivity index (χ4n) is 1.18. The van der Waals surface area contributed by atoms with E-state index in [0.29, 0.717) is 11.4 Å². The number of rotatable bonds is 3. The van der Waals surface area contributed by atoms with Crippen LogP contribution in [0, 0.1) is 6.92 Å². The Labute approximate surface area is 92.8 Å². The third kappa shape index (κ3) is 2.03. The van der Waals surface area contributed by atoms with E-state index in [9.17, 15) is 8.42 Å². The van der Waals surface area contributed by atoms with Crippen LogP contribution in [0.4, 0.5) is 5.69 Å². The fourth-order valence-corrected chi connectivity index (χ4v) is 2.20. The molecule has 2 N–H and O–H groups in total. The molecule has 0 aliphatic rings. The second kappa shape index (κ2) is 3.93. The lowest BCUT2D eigenvalue weighted by atomic mass is 10.3. The van der Waals surface area contributed by atoms with Gasteiger partial charge in [-0.05, 0) is 19.1 Å². The first kappa shape index (κ1) is 10.6. The maximum Gasteiger partial charge on any atom is 0.265 e. The zero-order chi connectivity index (χ0) is 11.6. The predicted molar refractivity (Wildman–Crippen MR) is 58.4 cm³/mol. The highest BCUT2D eigenvalue weighted by Gasteiger charge is 2.16. The Balaban J connectivity index is 2.33. The minimum absolute atomic E-state index is 0.0933. The number of nitrogens with one attached hydrogen (secondary N) is 2. The Morgan fingerprint density at radius 3 is 2.88 bits per heavy atom. The van der Waals surface area contributed by atoms with Crippen LogP contribution >= 0.6 is 0 Å². The molecule has 2 heterocycles. The lowest BCUT2D eigenvalue weighted by Crippen LogP contribution is -2.13. The van der Waals surface area contributed by atoms with Crippen LogP contribution in [0.25, 0.3) is 0 Å². The summed E-state index contributed by atoms with van der Waals surface area (Å²) in [7, 11) is -3.58. The van der Waals surface area contributed by atoms with Crippen LogP contribution < -0.4 is 4.72 Å². The third-order valence-corrected chi connectivity index (χ3v) is 3.37. The van der Waals surface area contributed by atoms with E-state index in [1.165, 1.54) is 12.4 Å². The van der Waals surface area contributed by atoms with E-state index < -0.39 is 10.0 Å². The number of nitrogens with zero attached hydrogens (tertiary/aromatic N) is 2. The van der Waals surface area contributed by atoms with Crippen LogP contribution in [-0.4, -0.2) is 23.6 Å². The lowest BCUT2D eigenvalue weighted by Gasteiger charge is -2.07. The van der Waals surface area contributed by atoms with Gasteiger partial charge in [0.2, 0.25) is 0 Å². The molecule has 6 nitrogen and oxygen atoms in total. The van der Waals surface area contributed by atoms with Crippen LogP contribution in [0.15, 0.2) is 35.6 Å². The SMILES string of the molecule is Cc1ncccc1NS(=O)(=O)c1cn[nH]c1. The zero-order valence-corrected chi connectivity index (χ0v) is 9.32. The van der Waals surface area contributed by atoms with Gasteiger partial charge in [0.25, 0.3) is 10.0 Å². The minimum atomic E-state index is -3.58. The van der Waals surface area contributed by atoms with E-state index in [-0.39, 0.29) is 4.90 Å². The number of aromatic amines is 1. The molecule has 0 saturated carbocycles. The van der Waals surface area contributed by atoms with Crippen molar-refractivity contribution >= 4 is 15.7 Å². The molecule has 0 aromatic carbocycles. The van der Waals surface area contributed by atoms with Crippen LogP contribution in [0.3, 0.4) is 0 Å². The van der Waals surface area contributed by atoms with Crippen molar-refractivity contribution in [3.63, 3.8) is 0 Å². The largest absolute Gasteiger partial charge is 0.284 e. The number of aryl methyl sites for hydroxylation is 1. The average molecular weight is 238 g/mol. The average Bonchev–Trinajstić information content (AvgIpc) is 2.75. The van der Waals surface area contributed by atoms with Gasteiger partial charge >= 0.3 is 0 Å². The van der Waals surface area contributed by atoms with E-state index in [0.717, 1.165) is 0 Å². The molecule has 2 aromatic heterocycles. The van der Waals surface area contributed by atoms with Gasteiger partial charge in [-0.1, -0.05) is 0 Å². The monoisotopic (exact) mass is 238 g/mol. The maximum absolute atomic E-state index is 11.8. The summed E-state index contributed by atoms with van der Waals surface area (Å²) in [6.45, 7) is 1.73. The van der Waals surface area contributed by atoms with Crippen LogP contribution in [0.1, 0.15) is 5.69 Å². The molecule has 0 aliphatic carbocycles. The molecule has 0 saturated heterocycles. The van der Waals surface area contributed by atoms with Gasteiger partial charge in [0.05, 0.1) is 17.6 Å². The smallest absolute Gasteiger partial charge is 0.265 e. The molecule has 2 aromatic rings. The maximum atomic E-state index is 11.8. The number of sulfonamides is 1. The molecule has 0 amide bonds. The Morgan fingerprint density at radius 2 is 2.25 bits per heavy atom. The number of H-pyrrole nitrogens is 1. The molecule has 0 atom stereocenters. The van der Waals surface area contributed by atoms with Gasteiger partial charge in [-0.15, -0.1) is 0 Å². The van der Waals surface area contributed by atoms with Crippen LogP contribution in [0.2, 0.25) is 0 Å². The van der Waals surface area contributed by atoms with E-state index in [1.54, 1.807) is 25.3 Å². The van der Waals surface area contributed by atoms with E-state index in [1.807, 2.05) is 0 Å². The predicted octanol–water partition coefficient (Wildman–Crippen LogP) is 0.914. The second-order valence-corrected chi connectivity index (χ2v) is 4.86. The van der Waals surface area contributed by atoms with Crippen molar-refractivity contribution in [2.45, 2.75) is 11.8 Å². The second-order valence-electron chi connectivity index (χ2n) is 3.18. The number of hydrogen-bond acceptors (Lipinski definition) is 4. The molecule has 0 unspecified atom stereocenters. The van der Waals surface area contributed by atoms with E-state index in [4.69, 9.17) is 0 Å². The Hall–Kier alpha value is -1.89. The fraction of sp³-hybridized carbons (Fsp3) is 0.111. The first-order valence-electron chi connectivity index (χ1n) is 4.53. The zero-order valence-electron chi connectivity index (χ0n) is 8.51. The number of hydrogen-bond donors (Lipinski definition) is 2. The highest BCUT2D eigenvalue weighted by atomic mass is 32.2. The quantitative estimate of drug-likeness (QED) is 0.832. The Bertz CT molecular complexity index is 577. The molecule has 16 heavy (non-hydrogen) atoms.